The minimum absolute atomic E-state index is 0.00542. The van der Waals surface area contributed by atoms with Gasteiger partial charge in [-0.1, -0.05) is 30.8 Å². The second-order valence-corrected chi connectivity index (χ2v) is 11.2. The number of piperidine rings is 1. The van der Waals surface area contributed by atoms with Crippen LogP contribution in [-0.2, 0) is 16.6 Å². The summed E-state index contributed by atoms with van der Waals surface area (Å²) in [6.07, 6.45) is 5.11. The van der Waals surface area contributed by atoms with Crippen LogP contribution in [0.25, 0.3) is 10.2 Å². The van der Waals surface area contributed by atoms with Crippen LogP contribution in [0.15, 0.2) is 65.0 Å². The molecule has 11 heteroatoms. The van der Waals surface area contributed by atoms with Crippen molar-refractivity contribution < 1.29 is 18.1 Å². The normalized spacial score (nSPS) is 17.5. The predicted molar refractivity (Wildman–Crippen MR) is 135 cm³/mol. The first-order valence-electron chi connectivity index (χ1n) is 11.4. The predicted octanol–water partition coefficient (Wildman–Crippen LogP) is 4.49. The molecule has 35 heavy (non-hydrogen) atoms. The van der Waals surface area contributed by atoms with Crippen molar-refractivity contribution in [3.05, 3.63) is 75.6 Å². The number of benzene rings is 2. The van der Waals surface area contributed by atoms with Crippen molar-refractivity contribution in [1.29, 1.82) is 0 Å². The summed E-state index contributed by atoms with van der Waals surface area (Å²) in [5.41, 5.74) is 0.786. The molecular weight excluding hydrogens is 488 g/mol. The summed E-state index contributed by atoms with van der Waals surface area (Å²) in [7, 11) is -3.64. The van der Waals surface area contributed by atoms with Crippen molar-refractivity contribution in [2.75, 3.05) is 6.54 Å². The van der Waals surface area contributed by atoms with Gasteiger partial charge < -0.3 is 4.57 Å². The number of aromatic nitrogens is 1. The van der Waals surface area contributed by atoms with E-state index in [1.807, 2.05) is 6.92 Å². The standard InChI is InChI=1S/C24H26N4O5S2/c1-3-14-26-21-16-19(28(30)31)10-13-22(21)34-24(26)25-23(29)17-8-11-20(12-9-17)35(32,33)27-15-6-5-7-18(27)4-2/h3,8-13,16,18H,1,4-7,14-15H2,2H3. The summed E-state index contributed by atoms with van der Waals surface area (Å²) in [5.74, 6) is -0.530. The van der Waals surface area contributed by atoms with Gasteiger partial charge in [0.1, 0.15) is 0 Å². The van der Waals surface area contributed by atoms with E-state index in [9.17, 15) is 23.3 Å². The number of hydrogen-bond acceptors (Lipinski definition) is 6. The van der Waals surface area contributed by atoms with Crippen molar-refractivity contribution in [2.45, 2.75) is 50.1 Å². The molecule has 1 unspecified atom stereocenters. The number of thiazole rings is 1. The zero-order chi connectivity index (χ0) is 25.2. The maximum atomic E-state index is 13.2. The monoisotopic (exact) mass is 514 g/mol. The number of amides is 1. The van der Waals surface area contributed by atoms with Crippen LogP contribution in [0.4, 0.5) is 5.69 Å². The summed E-state index contributed by atoms with van der Waals surface area (Å²) in [6, 6.07) is 10.3. The van der Waals surface area contributed by atoms with Gasteiger partial charge in [-0.2, -0.15) is 9.30 Å². The van der Waals surface area contributed by atoms with Crippen molar-refractivity contribution in [3.63, 3.8) is 0 Å². The first-order valence-corrected chi connectivity index (χ1v) is 13.6. The van der Waals surface area contributed by atoms with Crippen LogP contribution in [0.3, 0.4) is 0 Å². The summed E-state index contributed by atoms with van der Waals surface area (Å²) < 4.78 is 30.4. The SMILES string of the molecule is C=CCn1c(=NC(=O)c2ccc(S(=O)(=O)N3CCCCC3CC)cc2)sc2ccc([N+](=O)[O-])cc21. The van der Waals surface area contributed by atoms with Crippen LogP contribution in [0.1, 0.15) is 43.0 Å². The topological polar surface area (TPSA) is 115 Å². The second kappa shape index (κ2) is 10.2. The average Bonchev–Trinajstić information content (AvgIpc) is 3.20. The highest BCUT2D eigenvalue weighted by Crippen LogP contribution is 2.27. The van der Waals surface area contributed by atoms with Crippen molar-refractivity contribution in [1.82, 2.24) is 8.87 Å². The molecule has 9 nitrogen and oxygen atoms in total. The van der Waals surface area contributed by atoms with Crippen LogP contribution in [0, 0.1) is 10.1 Å². The number of nitro benzene ring substituents is 1. The number of non-ortho nitro benzene ring substituents is 1. The summed E-state index contributed by atoms with van der Waals surface area (Å²) in [4.78, 5) is 28.4. The third-order valence-corrected chi connectivity index (χ3v) is 9.16. The Bertz CT molecular complexity index is 1460. The van der Waals surface area contributed by atoms with E-state index in [1.54, 1.807) is 21.0 Å². The number of carbonyl (C=O) groups is 1. The van der Waals surface area contributed by atoms with Crippen molar-refractivity contribution in [3.8, 4) is 0 Å². The van der Waals surface area contributed by atoms with E-state index in [-0.39, 0.29) is 22.2 Å². The van der Waals surface area contributed by atoms with Gasteiger partial charge in [0.2, 0.25) is 10.0 Å². The molecule has 0 aliphatic carbocycles. The molecular formula is C24H26N4O5S2. The van der Waals surface area contributed by atoms with Crippen LogP contribution in [0.5, 0.6) is 0 Å². The highest BCUT2D eigenvalue weighted by atomic mass is 32.2. The molecule has 1 fully saturated rings. The van der Waals surface area contributed by atoms with Gasteiger partial charge in [-0.05, 0) is 49.6 Å². The van der Waals surface area contributed by atoms with Crippen LogP contribution >= 0.6 is 11.3 Å². The minimum Gasteiger partial charge on any atom is -0.312 e. The largest absolute Gasteiger partial charge is 0.312 e. The van der Waals surface area contributed by atoms with Gasteiger partial charge >= 0.3 is 0 Å². The first kappa shape index (κ1) is 25.0. The molecule has 1 aliphatic heterocycles. The molecule has 1 saturated heterocycles. The molecule has 0 bridgehead atoms. The van der Waals surface area contributed by atoms with Crippen LogP contribution < -0.4 is 4.80 Å². The lowest BCUT2D eigenvalue weighted by Crippen LogP contribution is -2.43. The van der Waals surface area contributed by atoms with E-state index in [0.717, 1.165) is 30.4 Å². The van der Waals surface area contributed by atoms with E-state index in [0.29, 0.717) is 23.4 Å². The quantitative estimate of drug-likeness (QED) is 0.262. The first-order chi connectivity index (χ1) is 16.8. The second-order valence-electron chi connectivity index (χ2n) is 8.31. The summed E-state index contributed by atoms with van der Waals surface area (Å²) in [6.45, 7) is 6.54. The molecule has 4 rings (SSSR count). The molecule has 1 aromatic heterocycles. The Morgan fingerprint density at radius 1 is 1.26 bits per heavy atom. The average molecular weight is 515 g/mol. The molecule has 0 spiro atoms. The smallest absolute Gasteiger partial charge is 0.279 e. The molecule has 0 radical (unpaired) electrons. The molecule has 2 heterocycles. The highest BCUT2D eigenvalue weighted by molar-refractivity contribution is 7.89. The van der Waals surface area contributed by atoms with E-state index < -0.39 is 20.9 Å². The molecule has 1 aliphatic rings. The van der Waals surface area contributed by atoms with Crippen molar-refractivity contribution >= 4 is 43.2 Å². The fourth-order valence-electron chi connectivity index (χ4n) is 4.32. The number of rotatable bonds is 7. The lowest BCUT2D eigenvalue weighted by Gasteiger charge is -2.34. The van der Waals surface area contributed by atoms with E-state index >= 15 is 0 Å². The maximum absolute atomic E-state index is 13.2. The van der Waals surface area contributed by atoms with Gasteiger partial charge in [-0.25, -0.2) is 8.42 Å². The Kier molecular flexibility index (Phi) is 7.29. The van der Waals surface area contributed by atoms with Crippen LogP contribution in [-0.4, -0.2) is 40.7 Å². The van der Waals surface area contributed by atoms with E-state index in [2.05, 4.69) is 11.6 Å². The van der Waals surface area contributed by atoms with Gasteiger partial charge in [-0.15, -0.1) is 6.58 Å². The molecule has 2 aromatic carbocycles. The third-order valence-electron chi connectivity index (χ3n) is 6.14. The number of sulfonamides is 1. The molecule has 1 amide bonds. The summed E-state index contributed by atoms with van der Waals surface area (Å²) >= 11 is 1.24. The Labute approximate surface area is 207 Å². The van der Waals surface area contributed by atoms with Gasteiger partial charge in [0.05, 0.1) is 20.0 Å². The lowest BCUT2D eigenvalue weighted by atomic mass is 10.0. The molecule has 0 saturated carbocycles. The Hall–Kier alpha value is -3.15. The van der Waals surface area contributed by atoms with Gasteiger partial charge in [0, 0.05) is 36.8 Å². The molecule has 0 N–H and O–H groups in total. The van der Waals surface area contributed by atoms with E-state index in [1.165, 1.54) is 47.7 Å². The summed E-state index contributed by atoms with van der Waals surface area (Å²) in [5, 5.41) is 11.2. The Morgan fingerprint density at radius 3 is 2.66 bits per heavy atom. The number of nitro groups is 1. The zero-order valence-electron chi connectivity index (χ0n) is 19.3. The zero-order valence-corrected chi connectivity index (χ0v) is 20.9. The molecule has 1 atom stereocenters. The fraction of sp³-hybridized carbons (Fsp3) is 0.333. The minimum atomic E-state index is -3.64. The lowest BCUT2D eigenvalue weighted by molar-refractivity contribution is -0.384. The number of carbonyl (C=O) groups excluding carboxylic acids is 1. The maximum Gasteiger partial charge on any atom is 0.279 e. The van der Waals surface area contributed by atoms with Gasteiger partial charge in [0.25, 0.3) is 11.6 Å². The van der Waals surface area contributed by atoms with Crippen molar-refractivity contribution in [2.24, 2.45) is 4.99 Å². The third kappa shape index (κ3) is 4.97. The number of hydrogen-bond donors (Lipinski definition) is 0. The number of allylic oxidation sites excluding steroid dienone is 1. The molecule has 3 aromatic rings. The number of nitrogens with zero attached hydrogens (tertiary/aromatic N) is 4. The number of fused-ring (bicyclic) bond motifs is 1. The van der Waals surface area contributed by atoms with Crippen LogP contribution in [0.2, 0.25) is 0 Å². The Morgan fingerprint density at radius 2 is 2.00 bits per heavy atom. The Balaban J connectivity index is 1.66. The van der Waals surface area contributed by atoms with E-state index in [4.69, 9.17) is 0 Å². The fourth-order valence-corrected chi connectivity index (χ4v) is 7.10. The molecule has 184 valence electrons. The highest BCUT2D eigenvalue weighted by Gasteiger charge is 2.32. The van der Waals surface area contributed by atoms with Gasteiger partial charge in [0.15, 0.2) is 4.80 Å². The van der Waals surface area contributed by atoms with Gasteiger partial charge in [-0.3, -0.25) is 14.9 Å².